The Hall–Kier alpha value is -4.29. The molecule has 0 atom stereocenters. The number of urea groups is 1. The lowest BCUT2D eigenvalue weighted by Crippen LogP contribution is -2.33. The maximum Gasteiger partial charge on any atom is 0.458 e. The van der Waals surface area contributed by atoms with Crippen LogP contribution < -0.4 is 16.4 Å². The monoisotopic (exact) mass is 522 g/mol. The van der Waals surface area contributed by atoms with Crippen molar-refractivity contribution in [3.05, 3.63) is 66.4 Å². The fraction of sp³-hybridized carbons (Fsp3) is 0.208. The highest BCUT2D eigenvalue weighted by molar-refractivity contribution is 6.02. The lowest BCUT2D eigenvalue weighted by atomic mass is 10.1. The predicted octanol–water partition coefficient (Wildman–Crippen LogP) is 6.70. The molecule has 0 unspecified atom stereocenters. The number of amides is 2. The minimum absolute atomic E-state index is 0.0881. The number of carbonyl (C=O) groups excluding carboxylic acids is 1. The molecule has 2 amide bonds. The second-order valence-corrected chi connectivity index (χ2v) is 8.42. The van der Waals surface area contributed by atoms with Crippen LogP contribution in [0, 0.1) is 5.82 Å². The smallest absolute Gasteiger partial charge is 0.383 e. The van der Waals surface area contributed by atoms with Crippen molar-refractivity contribution >= 4 is 34.3 Å². The number of nitrogens with one attached hydrogen (secondary N) is 2. The van der Waals surface area contributed by atoms with Gasteiger partial charge in [0.05, 0.1) is 11.1 Å². The number of nitrogens with two attached hydrogens (primary N) is 1. The number of carbonyl (C=O) groups is 1. The van der Waals surface area contributed by atoms with Crippen LogP contribution in [0.3, 0.4) is 0 Å². The first kappa shape index (κ1) is 25.8. The van der Waals surface area contributed by atoms with Crippen molar-refractivity contribution in [3.8, 4) is 11.1 Å². The number of alkyl halides is 5. The molecule has 2 aromatic carbocycles. The molecular weight excluding hydrogens is 502 g/mol. The maximum atomic E-state index is 14.0. The average molecular weight is 522 g/mol. The Bertz CT molecular complexity index is 1460. The molecule has 4 N–H and O–H groups in total. The number of nitrogens with zero attached hydrogens (tertiary/aromatic N) is 3. The molecule has 0 aliphatic heterocycles. The van der Waals surface area contributed by atoms with Crippen molar-refractivity contribution in [1.82, 2.24) is 14.5 Å². The topological polar surface area (TPSA) is 97.9 Å². The number of nitrogen functional groups attached to an aromatic ring is 1. The fourth-order valence-electron chi connectivity index (χ4n) is 3.72. The molecule has 0 fully saturated rings. The molecule has 0 aliphatic rings. The Balaban J connectivity index is 1.55. The summed E-state index contributed by atoms with van der Waals surface area (Å²) in [5, 5.41) is 4.98. The number of benzene rings is 2. The first-order valence-electron chi connectivity index (χ1n) is 10.8. The van der Waals surface area contributed by atoms with Gasteiger partial charge in [-0.3, -0.25) is 0 Å². The number of hydrogen-bond acceptors (Lipinski definition) is 4. The molecule has 0 saturated carbocycles. The Morgan fingerprint density at radius 3 is 2.30 bits per heavy atom. The van der Waals surface area contributed by atoms with Gasteiger partial charge in [-0.25, -0.2) is 19.2 Å². The van der Waals surface area contributed by atoms with Crippen LogP contribution in [0.5, 0.6) is 0 Å². The van der Waals surface area contributed by atoms with E-state index >= 15 is 0 Å². The molecule has 0 aliphatic carbocycles. The zero-order valence-electron chi connectivity index (χ0n) is 19.4. The molecule has 0 bridgehead atoms. The highest BCUT2D eigenvalue weighted by atomic mass is 19.4. The lowest BCUT2D eigenvalue weighted by Gasteiger charge is -2.20. The van der Waals surface area contributed by atoms with E-state index in [1.165, 1.54) is 18.5 Å². The van der Waals surface area contributed by atoms with Crippen LogP contribution in [0.2, 0.25) is 0 Å². The summed E-state index contributed by atoms with van der Waals surface area (Å²) in [5.74, 6) is -6.12. The molecule has 4 aromatic rings. The van der Waals surface area contributed by atoms with Gasteiger partial charge in [0, 0.05) is 29.1 Å². The van der Waals surface area contributed by atoms with E-state index in [2.05, 4.69) is 15.3 Å². The summed E-state index contributed by atoms with van der Waals surface area (Å²) < 4.78 is 81.1. The Kier molecular flexibility index (Phi) is 6.48. The summed E-state index contributed by atoms with van der Waals surface area (Å²) in [6.07, 6.45) is -2.64. The standard InChI is InChI=1S/C24H20F6N6O/c1-12(2)36-10-16(19-20(31)32-11-33-21(19)36)13-3-6-15(7-4-13)34-22(37)35-18-9-14(5-8-17(18)25)23(26,27)24(28,29)30/h3-12H,1-2H3,(H2,31,32,33)(H2,34,35,37). The molecular formula is C24H20F6N6O. The van der Waals surface area contributed by atoms with Gasteiger partial charge >= 0.3 is 18.1 Å². The summed E-state index contributed by atoms with van der Waals surface area (Å²) in [6.45, 7) is 3.96. The minimum Gasteiger partial charge on any atom is -0.383 e. The lowest BCUT2D eigenvalue weighted by molar-refractivity contribution is -0.289. The molecule has 0 saturated heterocycles. The highest BCUT2D eigenvalue weighted by Gasteiger charge is 2.58. The molecule has 2 aromatic heterocycles. The van der Waals surface area contributed by atoms with Crippen molar-refractivity contribution in [3.63, 3.8) is 0 Å². The van der Waals surface area contributed by atoms with Crippen molar-refractivity contribution in [1.29, 1.82) is 0 Å². The van der Waals surface area contributed by atoms with Crippen molar-refractivity contribution in [2.45, 2.75) is 32.0 Å². The van der Waals surface area contributed by atoms with Crippen LogP contribution in [0.1, 0.15) is 25.5 Å². The Labute approximate surface area is 206 Å². The SMILES string of the molecule is CC(C)n1cc(-c2ccc(NC(=O)Nc3cc(C(F)(F)C(F)(F)F)ccc3F)cc2)c2c(N)ncnc21. The van der Waals surface area contributed by atoms with Gasteiger partial charge in [0.2, 0.25) is 0 Å². The van der Waals surface area contributed by atoms with E-state index in [0.717, 1.165) is 11.1 Å². The molecule has 0 spiro atoms. The van der Waals surface area contributed by atoms with Crippen LogP contribution in [0.25, 0.3) is 22.2 Å². The number of aromatic nitrogens is 3. The van der Waals surface area contributed by atoms with Crippen LogP contribution >= 0.6 is 0 Å². The molecule has 7 nitrogen and oxygen atoms in total. The van der Waals surface area contributed by atoms with E-state index < -0.39 is 35.2 Å². The first-order valence-corrected chi connectivity index (χ1v) is 10.8. The summed E-state index contributed by atoms with van der Waals surface area (Å²) in [5.41, 5.74) is 6.11. The number of fused-ring (bicyclic) bond motifs is 1. The number of anilines is 3. The van der Waals surface area contributed by atoms with Gasteiger partial charge in [-0.05, 0) is 49.7 Å². The van der Waals surface area contributed by atoms with E-state index in [9.17, 15) is 31.1 Å². The normalized spacial score (nSPS) is 12.2. The number of hydrogen-bond donors (Lipinski definition) is 3. The van der Waals surface area contributed by atoms with Gasteiger partial charge in [0.1, 0.15) is 23.6 Å². The van der Waals surface area contributed by atoms with E-state index in [-0.39, 0.29) is 17.8 Å². The quantitative estimate of drug-likeness (QED) is 0.254. The average Bonchev–Trinajstić information content (AvgIpc) is 3.21. The highest BCUT2D eigenvalue weighted by Crippen LogP contribution is 2.44. The van der Waals surface area contributed by atoms with Crippen LogP contribution in [-0.2, 0) is 5.92 Å². The second-order valence-electron chi connectivity index (χ2n) is 8.42. The van der Waals surface area contributed by atoms with Gasteiger partial charge in [-0.15, -0.1) is 0 Å². The Morgan fingerprint density at radius 2 is 1.68 bits per heavy atom. The van der Waals surface area contributed by atoms with Crippen LogP contribution in [0.15, 0.2) is 55.0 Å². The van der Waals surface area contributed by atoms with E-state index in [4.69, 9.17) is 5.73 Å². The third kappa shape index (κ3) is 4.88. The minimum atomic E-state index is -5.88. The largest absolute Gasteiger partial charge is 0.458 e. The third-order valence-electron chi connectivity index (χ3n) is 5.58. The fourth-order valence-corrected chi connectivity index (χ4v) is 3.72. The summed E-state index contributed by atoms with van der Waals surface area (Å²) >= 11 is 0. The predicted molar refractivity (Wildman–Crippen MR) is 127 cm³/mol. The Morgan fingerprint density at radius 1 is 1.00 bits per heavy atom. The molecule has 13 heteroatoms. The molecule has 2 heterocycles. The summed E-state index contributed by atoms with van der Waals surface area (Å²) in [4.78, 5) is 20.7. The van der Waals surface area contributed by atoms with Gasteiger partial charge < -0.3 is 20.9 Å². The van der Waals surface area contributed by atoms with Gasteiger partial charge in [-0.1, -0.05) is 12.1 Å². The first-order chi connectivity index (χ1) is 17.3. The zero-order chi connectivity index (χ0) is 27.1. The van der Waals surface area contributed by atoms with Gasteiger partial charge in [0.25, 0.3) is 0 Å². The van der Waals surface area contributed by atoms with Crippen molar-refractivity contribution in [2.75, 3.05) is 16.4 Å². The van der Waals surface area contributed by atoms with Crippen molar-refractivity contribution < 1.29 is 31.1 Å². The van der Waals surface area contributed by atoms with Gasteiger partial charge in [-0.2, -0.15) is 22.0 Å². The van der Waals surface area contributed by atoms with Crippen LogP contribution in [-0.4, -0.2) is 26.7 Å². The summed E-state index contributed by atoms with van der Waals surface area (Å²) in [7, 11) is 0. The van der Waals surface area contributed by atoms with E-state index in [0.29, 0.717) is 29.0 Å². The summed E-state index contributed by atoms with van der Waals surface area (Å²) in [6, 6.07) is 6.40. The number of halogens is 6. The van der Waals surface area contributed by atoms with E-state index in [1.54, 1.807) is 12.1 Å². The third-order valence-corrected chi connectivity index (χ3v) is 5.58. The second kappa shape index (κ2) is 9.30. The van der Waals surface area contributed by atoms with Gasteiger partial charge in [0.15, 0.2) is 0 Å². The molecule has 4 rings (SSSR count). The molecule has 37 heavy (non-hydrogen) atoms. The molecule has 0 radical (unpaired) electrons. The maximum absolute atomic E-state index is 14.0. The van der Waals surface area contributed by atoms with Crippen LogP contribution in [0.4, 0.5) is 48.3 Å². The number of rotatable bonds is 5. The van der Waals surface area contributed by atoms with Crippen molar-refractivity contribution in [2.24, 2.45) is 0 Å². The molecule has 194 valence electrons. The zero-order valence-corrected chi connectivity index (χ0v) is 19.4. The van der Waals surface area contributed by atoms with E-state index in [1.807, 2.05) is 29.9 Å².